The molecule has 7 nitrogen and oxygen atoms in total. The summed E-state index contributed by atoms with van der Waals surface area (Å²) in [5, 5.41) is 11.3. The molecule has 18 heavy (non-hydrogen) atoms. The van der Waals surface area contributed by atoms with Crippen LogP contribution in [0.3, 0.4) is 0 Å². The Morgan fingerprint density at radius 2 is 2.00 bits per heavy atom. The van der Waals surface area contributed by atoms with Gasteiger partial charge in [0.2, 0.25) is 0 Å². The van der Waals surface area contributed by atoms with E-state index in [4.69, 9.17) is 16.6 Å². The molecule has 0 saturated heterocycles. The molecule has 0 radical (unpaired) electrons. The van der Waals surface area contributed by atoms with E-state index in [0.717, 1.165) is 18.8 Å². The molecule has 1 unspecified atom stereocenters. The van der Waals surface area contributed by atoms with Gasteiger partial charge in [-0.25, -0.2) is 0 Å². The third kappa shape index (κ3) is 11.2. The highest BCUT2D eigenvalue weighted by Gasteiger charge is 2.09. The van der Waals surface area contributed by atoms with E-state index in [1.807, 2.05) is 26.0 Å². The molecule has 0 rings (SSSR count). The van der Waals surface area contributed by atoms with Crippen LogP contribution in [0.4, 0.5) is 0 Å². The third-order valence-electron chi connectivity index (χ3n) is 2.15. The first-order valence-electron chi connectivity index (χ1n) is 5.91. The Balaban J connectivity index is 0. The van der Waals surface area contributed by atoms with E-state index in [1.165, 1.54) is 0 Å². The van der Waals surface area contributed by atoms with Gasteiger partial charge in [0.15, 0.2) is 5.96 Å². The van der Waals surface area contributed by atoms with E-state index in [0.29, 0.717) is 13.0 Å². The zero-order chi connectivity index (χ0) is 14.6. The van der Waals surface area contributed by atoms with Gasteiger partial charge < -0.3 is 26.8 Å². The highest BCUT2D eigenvalue weighted by atomic mass is 16.4. The summed E-state index contributed by atoms with van der Waals surface area (Å²) in [6.07, 6.45) is 2.16. The first-order valence-corrected chi connectivity index (χ1v) is 5.91. The van der Waals surface area contributed by atoms with E-state index in [2.05, 4.69) is 10.3 Å². The molecule has 0 amide bonds. The number of nitrogens with zero attached hydrogens (tertiary/aromatic N) is 2. The normalized spacial score (nSPS) is 12.2. The van der Waals surface area contributed by atoms with Crippen molar-refractivity contribution in [3.63, 3.8) is 0 Å². The summed E-state index contributed by atoms with van der Waals surface area (Å²) in [5.74, 6) is -0.0398. The zero-order valence-corrected chi connectivity index (χ0v) is 11.8. The van der Waals surface area contributed by atoms with Crippen molar-refractivity contribution >= 4 is 11.9 Å². The van der Waals surface area contributed by atoms with Gasteiger partial charge in [-0.1, -0.05) is 6.42 Å². The molecule has 1 atom stereocenters. The number of aliphatic imine (C=N–C) groups is 1. The average Bonchev–Trinajstić information content (AvgIpc) is 2.31. The van der Waals surface area contributed by atoms with Gasteiger partial charge in [-0.3, -0.25) is 9.79 Å². The predicted octanol–water partition coefficient (Wildman–Crippen LogP) is -0.719. The van der Waals surface area contributed by atoms with Gasteiger partial charge in [0.05, 0.1) is 0 Å². The van der Waals surface area contributed by atoms with Gasteiger partial charge in [0, 0.05) is 28.2 Å². The fourth-order valence-corrected chi connectivity index (χ4v) is 1.17. The maximum absolute atomic E-state index is 10.1. The number of aliphatic carboxylic acids is 1. The summed E-state index contributed by atoms with van der Waals surface area (Å²) in [6.45, 7) is 0.604. The summed E-state index contributed by atoms with van der Waals surface area (Å²) < 4.78 is 0. The number of hydrogen-bond donors (Lipinski definition) is 4. The van der Waals surface area contributed by atoms with Crippen LogP contribution in [0, 0.1) is 0 Å². The summed E-state index contributed by atoms with van der Waals surface area (Å²) in [6, 6.07) is -0.716. The van der Waals surface area contributed by atoms with Gasteiger partial charge in [-0.05, 0) is 19.4 Å². The Morgan fingerprint density at radius 1 is 1.44 bits per heavy atom. The van der Waals surface area contributed by atoms with Gasteiger partial charge in [0.25, 0.3) is 0 Å². The fourth-order valence-electron chi connectivity index (χ4n) is 1.17. The van der Waals surface area contributed by atoms with Crippen LogP contribution in [0.15, 0.2) is 4.99 Å². The van der Waals surface area contributed by atoms with Gasteiger partial charge in [0.1, 0.15) is 6.04 Å². The standard InChI is InChI=1S/C6H14N2O2.C5H13N3/c7-4-2-1-3-5(8)6(9)10;1-6-5(7-2)8(3)4/h5H,1-4,7-8H2,(H,9,10);1-4H3,(H,6,7). The second kappa shape index (κ2) is 12.1. The Bertz CT molecular complexity index is 244. The van der Waals surface area contributed by atoms with E-state index < -0.39 is 12.0 Å². The van der Waals surface area contributed by atoms with E-state index >= 15 is 0 Å². The lowest BCUT2D eigenvalue weighted by molar-refractivity contribution is -0.138. The monoisotopic (exact) mass is 261 g/mol. The molecule has 108 valence electrons. The molecule has 0 aliphatic rings. The van der Waals surface area contributed by atoms with Crippen molar-refractivity contribution in [3.05, 3.63) is 0 Å². The van der Waals surface area contributed by atoms with Crippen LogP contribution in [0.2, 0.25) is 0 Å². The maximum atomic E-state index is 10.1. The number of rotatable bonds is 5. The van der Waals surface area contributed by atoms with Crippen molar-refractivity contribution in [3.8, 4) is 0 Å². The third-order valence-corrected chi connectivity index (χ3v) is 2.15. The lowest BCUT2D eigenvalue weighted by Gasteiger charge is -2.12. The molecule has 0 saturated carbocycles. The molecule has 0 fully saturated rings. The number of carboxylic acids is 1. The number of carboxylic acid groups (broad SMARTS) is 1. The molecule has 0 aromatic carbocycles. The molecule has 0 spiro atoms. The Hall–Kier alpha value is -1.34. The Morgan fingerprint density at radius 3 is 2.22 bits per heavy atom. The number of carbonyl (C=O) groups is 1. The Labute approximate surface area is 109 Å². The molecular weight excluding hydrogens is 234 g/mol. The van der Waals surface area contributed by atoms with Crippen molar-refractivity contribution in [1.82, 2.24) is 10.2 Å². The quantitative estimate of drug-likeness (QED) is 0.295. The minimum Gasteiger partial charge on any atom is -0.480 e. The number of unbranched alkanes of at least 4 members (excludes halogenated alkanes) is 1. The van der Waals surface area contributed by atoms with Crippen molar-refractivity contribution in [2.45, 2.75) is 25.3 Å². The lowest BCUT2D eigenvalue weighted by atomic mass is 10.1. The van der Waals surface area contributed by atoms with E-state index in [1.54, 1.807) is 7.05 Å². The van der Waals surface area contributed by atoms with Gasteiger partial charge >= 0.3 is 5.97 Å². The highest BCUT2D eigenvalue weighted by molar-refractivity contribution is 5.78. The fraction of sp³-hybridized carbons (Fsp3) is 0.818. The number of hydrogen-bond acceptors (Lipinski definition) is 4. The summed E-state index contributed by atoms with van der Waals surface area (Å²) in [7, 11) is 7.49. The summed E-state index contributed by atoms with van der Waals surface area (Å²) in [5.41, 5.74) is 10.4. The van der Waals surface area contributed by atoms with Crippen LogP contribution in [0.1, 0.15) is 19.3 Å². The lowest BCUT2D eigenvalue weighted by Crippen LogP contribution is -2.33. The maximum Gasteiger partial charge on any atom is 0.320 e. The second-order valence-electron chi connectivity index (χ2n) is 3.92. The minimum atomic E-state index is -0.933. The average molecular weight is 261 g/mol. The first kappa shape index (κ1) is 19.0. The van der Waals surface area contributed by atoms with Crippen LogP contribution >= 0.6 is 0 Å². The van der Waals surface area contributed by atoms with Crippen LogP contribution in [-0.2, 0) is 4.79 Å². The summed E-state index contributed by atoms with van der Waals surface area (Å²) in [4.78, 5) is 16.0. The molecular formula is C11H27N5O2. The van der Waals surface area contributed by atoms with Crippen molar-refractivity contribution in [2.75, 3.05) is 34.7 Å². The number of nitrogens with one attached hydrogen (secondary N) is 1. The molecule has 0 bridgehead atoms. The van der Waals surface area contributed by atoms with E-state index in [9.17, 15) is 4.79 Å². The van der Waals surface area contributed by atoms with Crippen LogP contribution in [0.5, 0.6) is 0 Å². The van der Waals surface area contributed by atoms with Crippen molar-refractivity contribution in [2.24, 2.45) is 16.5 Å². The highest BCUT2D eigenvalue weighted by Crippen LogP contribution is 1.96. The van der Waals surface area contributed by atoms with Gasteiger partial charge in [-0.15, -0.1) is 0 Å². The van der Waals surface area contributed by atoms with Crippen molar-refractivity contribution < 1.29 is 9.90 Å². The van der Waals surface area contributed by atoms with Crippen molar-refractivity contribution in [1.29, 1.82) is 0 Å². The molecule has 0 aromatic rings. The zero-order valence-electron chi connectivity index (χ0n) is 11.8. The van der Waals surface area contributed by atoms with Crippen LogP contribution in [0.25, 0.3) is 0 Å². The molecule has 0 aliphatic carbocycles. The van der Waals surface area contributed by atoms with Gasteiger partial charge in [-0.2, -0.15) is 0 Å². The van der Waals surface area contributed by atoms with Crippen LogP contribution < -0.4 is 16.8 Å². The van der Waals surface area contributed by atoms with Crippen LogP contribution in [-0.4, -0.2) is 62.7 Å². The number of guanidine groups is 1. The minimum absolute atomic E-state index is 0.520. The molecule has 6 N–H and O–H groups in total. The molecule has 7 heteroatoms. The second-order valence-corrected chi connectivity index (χ2v) is 3.92. The Kier molecular flexibility index (Phi) is 12.8. The largest absolute Gasteiger partial charge is 0.480 e. The molecule has 0 aromatic heterocycles. The molecule has 0 aliphatic heterocycles. The molecule has 0 heterocycles. The SMILES string of the molecule is CN=C(NC)N(C)C.NCCCCC(N)C(=O)O. The number of nitrogens with two attached hydrogens (primary N) is 2. The topological polar surface area (TPSA) is 117 Å². The van der Waals surface area contributed by atoms with E-state index in [-0.39, 0.29) is 0 Å². The smallest absolute Gasteiger partial charge is 0.320 e. The predicted molar refractivity (Wildman–Crippen MR) is 74.6 cm³/mol. The first-order chi connectivity index (χ1) is 8.40. The summed E-state index contributed by atoms with van der Waals surface area (Å²) >= 11 is 0.